The molecule has 0 saturated heterocycles. The number of aromatic hydroxyl groups is 2. The van der Waals surface area contributed by atoms with Gasteiger partial charge in [0.1, 0.15) is 11.5 Å². The molecule has 2 nitrogen and oxygen atoms in total. The van der Waals surface area contributed by atoms with E-state index in [1.165, 1.54) is 167 Å². The lowest BCUT2D eigenvalue weighted by atomic mass is 9.75. The normalized spacial score (nSPS) is 12.3. The van der Waals surface area contributed by atoms with Crippen LogP contribution in [0.15, 0.2) is 12.1 Å². The van der Waals surface area contributed by atoms with Crippen molar-refractivity contribution in [2.24, 2.45) is 0 Å². The van der Waals surface area contributed by atoms with E-state index in [1.807, 2.05) is 12.1 Å². The Morgan fingerprint density at radius 1 is 0.364 bits per heavy atom. The molecule has 0 aliphatic rings. The average molecular weight is 615 g/mol. The van der Waals surface area contributed by atoms with Gasteiger partial charge < -0.3 is 10.2 Å². The molecule has 0 amide bonds. The van der Waals surface area contributed by atoms with Gasteiger partial charge in [-0.25, -0.2) is 0 Å². The van der Waals surface area contributed by atoms with E-state index in [0.29, 0.717) is 11.5 Å². The maximum absolute atomic E-state index is 11.1. The zero-order valence-electron chi connectivity index (χ0n) is 30.8. The molecule has 1 aromatic carbocycles. The predicted molar refractivity (Wildman–Crippen MR) is 196 cm³/mol. The van der Waals surface area contributed by atoms with Crippen molar-refractivity contribution in [2.45, 2.75) is 232 Å². The topological polar surface area (TPSA) is 40.5 Å². The van der Waals surface area contributed by atoms with Crippen LogP contribution in [0.1, 0.15) is 232 Å². The molecule has 0 bridgehead atoms. The van der Waals surface area contributed by atoms with Crippen molar-refractivity contribution in [3.63, 3.8) is 0 Å². The first-order valence-electron chi connectivity index (χ1n) is 19.7. The molecule has 2 heteroatoms. The first kappa shape index (κ1) is 40.8. The molecule has 44 heavy (non-hydrogen) atoms. The lowest BCUT2D eigenvalue weighted by Gasteiger charge is -2.30. The highest BCUT2D eigenvalue weighted by atomic mass is 16.3. The van der Waals surface area contributed by atoms with E-state index < -0.39 is 0 Å². The lowest BCUT2D eigenvalue weighted by Crippen LogP contribution is -2.20. The molecular weight excluding hydrogens is 536 g/mol. The Hall–Kier alpha value is -1.18. The largest absolute Gasteiger partial charge is 0.508 e. The predicted octanol–water partition coefficient (Wildman–Crippen LogP) is 14.6. The maximum Gasteiger partial charge on any atom is 0.119 e. The zero-order valence-corrected chi connectivity index (χ0v) is 30.8. The first-order valence-corrected chi connectivity index (χ1v) is 19.7. The Kier molecular flexibility index (Phi) is 23.2. The molecule has 0 aliphatic carbocycles. The highest BCUT2D eigenvalue weighted by Gasteiger charge is 2.29. The van der Waals surface area contributed by atoms with Crippen LogP contribution in [0.25, 0.3) is 0 Å². The number of hydrogen-bond acceptors (Lipinski definition) is 2. The second kappa shape index (κ2) is 25.0. The van der Waals surface area contributed by atoms with E-state index in [-0.39, 0.29) is 10.8 Å². The molecule has 0 aromatic heterocycles. The molecule has 2 N–H and O–H groups in total. The van der Waals surface area contributed by atoms with E-state index in [0.717, 1.165) is 24.0 Å². The van der Waals surface area contributed by atoms with Crippen LogP contribution in [0.4, 0.5) is 0 Å². The van der Waals surface area contributed by atoms with E-state index in [9.17, 15) is 10.2 Å². The molecule has 0 heterocycles. The van der Waals surface area contributed by atoms with Crippen LogP contribution in [0, 0.1) is 0 Å². The van der Waals surface area contributed by atoms with E-state index in [2.05, 4.69) is 41.5 Å². The monoisotopic (exact) mass is 615 g/mol. The summed E-state index contributed by atoms with van der Waals surface area (Å²) in [5.41, 5.74) is 1.51. The van der Waals surface area contributed by atoms with Crippen molar-refractivity contribution in [3.8, 4) is 11.5 Å². The Morgan fingerprint density at radius 2 is 0.568 bits per heavy atom. The molecule has 0 radical (unpaired) electrons. The number of phenolic OH excluding ortho intramolecular Hbond substituents is 2. The smallest absolute Gasteiger partial charge is 0.119 e. The summed E-state index contributed by atoms with van der Waals surface area (Å²) in [7, 11) is 0. The number of rotatable bonds is 30. The van der Waals surface area contributed by atoms with Gasteiger partial charge in [0, 0.05) is 11.1 Å². The van der Waals surface area contributed by atoms with E-state index >= 15 is 0 Å². The maximum atomic E-state index is 11.1. The highest BCUT2D eigenvalue weighted by molar-refractivity contribution is 5.50. The Morgan fingerprint density at radius 3 is 0.795 bits per heavy atom. The lowest BCUT2D eigenvalue weighted by molar-refractivity contribution is 0.380. The van der Waals surface area contributed by atoms with Gasteiger partial charge in [0.2, 0.25) is 0 Å². The molecule has 1 aromatic rings. The number of benzene rings is 1. The third-order valence-corrected chi connectivity index (χ3v) is 10.4. The van der Waals surface area contributed by atoms with E-state index in [1.54, 1.807) is 0 Å². The van der Waals surface area contributed by atoms with Crippen molar-refractivity contribution in [2.75, 3.05) is 0 Å². The highest BCUT2D eigenvalue weighted by Crippen LogP contribution is 2.43. The standard InChI is InChI=1S/C42H78O2/c1-7-9-11-13-15-17-19-21-23-25-27-29-31-33-41(3,4)37-35-40(44)38(36-39(37)43)42(5,6)34-32-30-28-26-24-22-20-18-16-14-12-10-8-2/h35-36,43-44H,7-34H2,1-6H3. The van der Waals surface area contributed by atoms with Gasteiger partial charge in [-0.3, -0.25) is 0 Å². The molecular formula is C42H78O2. The van der Waals surface area contributed by atoms with Crippen LogP contribution in [0.5, 0.6) is 11.5 Å². The average Bonchev–Trinajstić information content (AvgIpc) is 2.98. The molecule has 0 spiro atoms. The summed E-state index contributed by atoms with van der Waals surface area (Å²) in [5.74, 6) is 0.715. The summed E-state index contributed by atoms with van der Waals surface area (Å²) in [6.07, 6.45) is 37.5. The molecule has 0 saturated carbocycles. The van der Waals surface area contributed by atoms with Crippen LogP contribution < -0.4 is 0 Å². The fourth-order valence-electron chi connectivity index (χ4n) is 7.10. The van der Waals surface area contributed by atoms with Crippen LogP contribution in [-0.4, -0.2) is 10.2 Å². The van der Waals surface area contributed by atoms with Crippen LogP contribution >= 0.6 is 0 Å². The SMILES string of the molecule is CCCCCCCCCCCCCCCC(C)(C)c1cc(O)c(C(C)(C)CCCCCCCCCCCCCCC)cc1O. The number of hydrogen-bond donors (Lipinski definition) is 2. The van der Waals surface area contributed by atoms with E-state index in [4.69, 9.17) is 0 Å². The molecule has 0 aliphatic heterocycles. The first-order chi connectivity index (χ1) is 21.2. The van der Waals surface area contributed by atoms with Crippen molar-refractivity contribution >= 4 is 0 Å². The van der Waals surface area contributed by atoms with Crippen molar-refractivity contribution < 1.29 is 10.2 Å². The Balaban J connectivity index is 2.29. The summed E-state index contributed by atoms with van der Waals surface area (Å²) in [5, 5.41) is 22.2. The summed E-state index contributed by atoms with van der Waals surface area (Å²) >= 11 is 0. The van der Waals surface area contributed by atoms with Crippen molar-refractivity contribution in [3.05, 3.63) is 23.3 Å². The molecule has 258 valence electrons. The van der Waals surface area contributed by atoms with Gasteiger partial charge in [0.05, 0.1) is 0 Å². The minimum Gasteiger partial charge on any atom is -0.508 e. The van der Waals surface area contributed by atoms with Crippen LogP contribution in [0.3, 0.4) is 0 Å². The zero-order chi connectivity index (χ0) is 32.5. The Bertz CT molecular complexity index is 740. The molecule has 0 fully saturated rings. The third kappa shape index (κ3) is 18.7. The minimum absolute atomic E-state index is 0.142. The third-order valence-electron chi connectivity index (χ3n) is 10.4. The number of phenols is 2. The summed E-state index contributed by atoms with van der Waals surface area (Å²) in [4.78, 5) is 0. The minimum atomic E-state index is -0.142. The van der Waals surface area contributed by atoms with Crippen LogP contribution in [0.2, 0.25) is 0 Å². The van der Waals surface area contributed by atoms with Gasteiger partial charge in [0.15, 0.2) is 0 Å². The van der Waals surface area contributed by atoms with Gasteiger partial charge in [0.25, 0.3) is 0 Å². The fourth-order valence-corrected chi connectivity index (χ4v) is 7.10. The van der Waals surface area contributed by atoms with Crippen LogP contribution in [-0.2, 0) is 10.8 Å². The molecule has 0 atom stereocenters. The number of unbranched alkanes of at least 4 members (excludes halogenated alkanes) is 24. The van der Waals surface area contributed by atoms with Crippen molar-refractivity contribution in [1.29, 1.82) is 0 Å². The van der Waals surface area contributed by atoms with Gasteiger partial charge in [-0.1, -0.05) is 208 Å². The Labute approximate surface area is 276 Å². The fraction of sp³-hybridized carbons (Fsp3) is 0.857. The molecule has 1 rings (SSSR count). The summed E-state index contributed by atoms with van der Waals surface area (Å²) < 4.78 is 0. The van der Waals surface area contributed by atoms with Gasteiger partial charge >= 0.3 is 0 Å². The summed E-state index contributed by atoms with van der Waals surface area (Å²) in [6, 6.07) is 3.75. The van der Waals surface area contributed by atoms with Gasteiger partial charge in [-0.2, -0.15) is 0 Å². The quantitative estimate of drug-likeness (QED) is 0.0668. The summed E-state index contributed by atoms with van der Waals surface area (Å²) in [6.45, 7) is 13.5. The van der Waals surface area contributed by atoms with Gasteiger partial charge in [-0.15, -0.1) is 0 Å². The second-order valence-corrected chi connectivity index (χ2v) is 15.6. The second-order valence-electron chi connectivity index (χ2n) is 15.6. The molecule has 0 unspecified atom stereocenters. The van der Waals surface area contributed by atoms with Crippen molar-refractivity contribution in [1.82, 2.24) is 0 Å². The van der Waals surface area contributed by atoms with Gasteiger partial charge in [-0.05, 0) is 35.8 Å².